The maximum atomic E-state index is 11.0. The van der Waals surface area contributed by atoms with Gasteiger partial charge in [0.15, 0.2) is 0 Å². The molecule has 2 aromatic heterocycles. The number of rotatable bonds is 7. The molecule has 8 heteroatoms. The third-order valence-electron chi connectivity index (χ3n) is 4.90. The molecule has 0 saturated carbocycles. The SMILES string of the molecule is CN(CC1CCN(C(=O)O)CC1)c1cc(NCCc2cccnc2)ncn1. The first-order valence-electron chi connectivity index (χ1n) is 9.25. The second-order valence-corrected chi connectivity index (χ2v) is 6.89. The number of hydrogen-bond acceptors (Lipinski definition) is 6. The Morgan fingerprint density at radius 2 is 2.19 bits per heavy atom. The van der Waals surface area contributed by atoms with Crippen molar-refractivity contribution < 1.29 is 9.90 Å². The van der Waals surface area contributed by atoms with Crippen LogP contribution in [-0.4, -0.2) is 64.3 Å². The van der Waals surface area contributed by atoms with Crippen LogP contribution < -0.4 is 10.2 Å². The van der Waals surface area contributed by atoms with E-state index >= 15 is 0 Å². The number of aromatic nitrogens is 3. The average Bonchev–Trinajstić information content (AvgIpc) is 2.69. The zero-order valence-electron chi connectivity index (χ0n) is 15.6. The molecule has 0 aliphatic carbocycles. The summed E-state index contributed by atoms with van der Waals surface area (Å²) in [6.07, 6.45) is 7.05. The highest BCUT2D eigenvalue weighted by Gasteiger charge is 2.23. The van der Waals surface area contributed by atoms with Crippen LogP contribution in [0.15, 0.2) is 36.9 Å². The van der Waals surface area contributed by atoms with E-state index < -0.39 is 6.09 Å². The molecule has 2 aromatic rings. The summed E-state index contributed by atoms with van der Waals surface area (Å²) in [6, 6.07) is 5.95. The smallest absolute Gasteiger partial charge is 0.407 e. The first kappa shape index (κ1) is 18.9. The van der Waals surface area contributed by atoms with Crippen molar-refractivity contribution in [2.75, 3.05) is 43.4 Å². The van der Waals surface area contributed by atoms with Gasteiger partial charge in [-0.25, -0.2) is 14.8 Å². The van der Waals surface area contributed by atoms with Gasteiger partial charge in [-0.2, -0.15) is 0 Å². The van der Waals surface area contributed by atoms with E-state index in [0.717, 1.165) is 44.0 Å². The summed E-state index contributed by atoms with van der Waals surface area (Å²) in [6.45, 7) is 2.86. The Labute approximate surface area is 159 Å². The Morgan fingerprint density at radius 3 is 2.89 bits per heavy atom. The van der Waals surface area contributed by atoms with Gasteiger partial charge in [-0.05, 0) is 36.8 Å². The lowest BCUT2D eigenvalue weighted by Gasteiger charge is -2.32. The number of piperidine rings is 1. The fourth-order valence-corrected chi connectivity index (χ4v) is 3.32. The van der Waals surface area contributed by atoms with Crippen LogP contribution in [0, 0.1) is 5.92 Å². The third kappa shape index (κ3) is 5.54. The molecule has 0 unspecified atom stereocenters. The monoisotopic (exact) mass is 370 g/mol. The van der Waals surface area contributed by atoms with Crippen LogP contribution in [0.2, 0.25) is 0 Å². The molecule has 8 nitrogen and oxygen atoms in total. The van der Waals surface area contributed by atoms with Crippen LogP contribution in [0.4, 0.5) is 16.4 Å². The van der Waals surface area contributed by atoms with Crippen LogP contribution in [0.3, 0.4) is 0 Å². The molecule has 1 saturated heterocycles. The quantitative estimate of drug-likeness (QED) is 0.772. The lowest BCUT2D eigenvalue weighted by Crippen LogP contribution is -2.40. The van der Waals surface area contributed by atoms with Crippen LogP contribution in [-0.2, 0) is 6.42 Å². The van der Waals surface area contributed by atoms with E-state index in [1.54, 1.807) is 12.5 Å². The topological polar surface area (TPSA) is 94.5 Å². The molecule has 1 fully saturated rings. The highest BCUT2D eigenvalue weighted by molar-refractivity contribution is 5.65. The number of nitrogens with one attached hydrogen (secondary N) is 1. The minimum atomic E-state index is -0.820. The summed E-state index contributed by atoms with van der Waals surface area (Å²) in [4.78, 5) is 27.4. The number of anilines is 2. The maximum Gasteiger partial charge on any atom is 0.407 e. The molecular formula is C19H26N6O2. The van der Waals surface area contributed by atoms with Crippen molar-refractivity contribution in [2.45, 2.75) is 19.3 Å². The molecule has 1 aliphatic rings. The first-order valence-corrected chi connectivity index (χ1v) is 9.25. The van der Waals surface area contributed by atoms with Crippen molar-refractivity contribution in [3.8, 4) is 0 Å². The minimum Gasteiger partial charge on any atom is -0.465 e. The van der Waals surface area contributed by atoms with Gasteiger partial charge in [0, 0.05) is 51.7 Å². The summed E-state index contributed by atoms with van der Waals surface area (Å²) in [5, 5.41) is 12.4. The Balaban J connectivity index is 1.48. The lowest BCUT2D eigenvalue weighted by atomic mass is 9.96. The van der Waals surface area contributed by atoms with E-state index in [9.17, 15) is 4.79 Å². The Hall–Kier alpha value is -2.90. The predicted octanol–water partition coefficient (Wildman–Crippen LogP) is 2.35. The summed E-state index contributed by atoms with van der Waals surface area (Å²) < 4.78 is 0. The largest absolute Gasteiger partial charge is 0.465 e. The Bertz CT molecular complexity index is 734. The second-order valence-electron chi connectivity index (χ2n) is 6.89. The van der Waals surface area contributed by atoms with Crippen molar-refractivity contribution >= 4 is 17.7 Å². The summed E-state index contributed by atoms with van der Waals surface area (Å²) in [5.74, 6) is 2.15. The zero-order chi connectivity index (χ0) is 19.1. The molecule has 0 bridgehead atoms. The first-order chi connectivity index (χ1) is 13.1. The Morgan fingerprint density at radius 1 is 1.37 bits per heavy atom. The number of pyridine rings is 1. The molecule has 0 radical (unpaired) electrons. The number of amides is 1. The number of carboxylic acid groups (broad SMARTS) is 1. The van der Waals surface area contributed by atoms with Crippen LogP contribution >= 0.6 is 0 Å². The molecule has 0 spiro atoms. The van der Waals surface area contributed by atoms with Crippen molar-refractivity contribution in [1.82, 2.24) is 19.9 Å². The molecule has 1 amide bonds. The van der Waals surface area contributed by atoms with Gasteiger partial charge in [-0.1, -0.05) is 6.07 Å². The van der Waals surface area contributed by atoms with E-state index in [1.165, 1.54) is 10.5 Å². The van der Waals surface area contributed by atoms with Crippen LogP contribution in [0.5, 0.6) is 0 Å². The van der Waals surface area contributed by atoms with Gasteiger partial charge in [-0.3, -0.25) is 4.98 Å². The van der Waals surface area contributed by atoms with E-state index in [0.29, 0.717) is 19.0 Å². The van der Waals surface area contributed by atoms with E-state index in [1.807, 2.05) is 25.4 Å². The summed E-state index contributed by atoms with van der Waals surface area (Å²) in [7, 11) is 2.02. The molecule has 3 heterocycles. The Kier molecular flexibility index (Phi) is 6.40. The number of likely N-dealkylation sites (tertiary alicyclic amines) is 1. The van der Waals surface area contributed by atoms with Gasteiger partial charge in [0.05, 0.1) is 0 Å². The highest BCUT2D eigenvalue weighted by Crippen LogP contribution is 2.21. The van der Waals surface area contributed by atoms with Gasteiger partial charge in [0.2, 0.25) is 0 Å². The fourth-order valence-electron chi connectivity index (χ4n) is 3.32. The van der Waals surface area contributed by atoms with Gasteiger partial charge in [-0.15, -0.1) is 0 Å². The van der Waals surface area contributed by atoms with Gasteiger partial charge in [0.25, 0.3) is 0 Å². The predicted molar refractivity (Wildman–Crippen MR) is 104 cm³/mol. The molecular weight excluding hydrogens is 344 g/mol. The minimum absolute atomic E-state index is 0.475. The number of nitrogens with zero attached hydrogens (tertiary/aromatic N) is 5. The molecule has 27 heavy (non-hydrogen) atoms. The molecule has 0 aromatic carbocycles. The third-order valence-corrected chi connectivity index (χ3v) is 4.90. The van der Waals surface area contributed by atoms with Gasteiger partial charge >= 0.3 is 6.09 Å². The molecule has 0 atom stereocenters. The second kappa shape index (κ2) is 9.16. The van der Waals surface area contributed by atoms with Gasteiger partial charge in [0.1, 0.15) is 18.0 Å². The van der Waals surface area contributed by atoms with Crippen molar-refractivity contribution in [3.63, 3.8) is 0 Å². The van der Waals surface area contributed by atoms with Crippen molar-refractivity contribution in [1.29, 1.82) is 0 Å². The normalized spacial score (nSPS) is 14.8. The van der Waals surface area contributed by atoms with E-state index in [-0.39, 0.29) is 0 Å². The van der Waals surface area contributed by atoms with Crippen LogP contribution in [0.25, 0.3) is 0 Å². The maximum absolute atomic E-state index is 11.0. The summed E-state index contributed by atoms with van der Waals surface area (Å²) in [5.41, 5.74) is 1.18. The average molecular weight is 370 g/mol. The molecule has 144 valence electrons. The molecule has 2 N–H and O–H groups in total. The number of hydrogen-bond donors (Lipinski definition) is 2. The molecule has 1 aliphatic heterocycles. The highest BCUT2D eigenvalue weighted by atomic mass is 16.4. The molecule has 3 rings (SSSR count). The van der Waals surface area contributed by atoms with Crippen molar-refractivity contribution in [2.24, 2.45) is 5.92 Å². The van der Waals surface area contributed by atoms with Crippen molar-refractivity contribution in [3.05, 3.63) is 42.5 Å². The van der Waals surface area contributed by atoms with Crippen LogP contribution in [0.1, 0.15) is 18.4 Å². The van der Waals surface area contributed by atoms with E-state index in [4.69, 9.17) is 5.11 Å². The standard InChI is InChI=1S/C19H26N6O2/c1-24(13-16-5-9-25(10-6-16)19(26)27)18-11-17(22-14-23-18)21-8-4-15-3-2-7-20-12-15/h2-3,7,11-12,14,16H,4-6,8-10,13H2,1H3,(H,26,27)(H,21,22,23). The zero-order valence-corrected chi connectivity index (χ0v) is 15.6. The fraction of sp³-hybridized carbons (Fsp3) is 0.474. The van der Waals surface area contributed by atoms with E-state index in [2.05, 4.69) is 31.2 Å². The van der Waals surface area contributed by atoms with Gasteiger partial charge < -0.3 is 20.2 Å². The summed E-state index contributed by atoms with van der Waals surface area (Å²) >= 11 is 0. The lowest BCUT2D eigenvalue weighted by molar-refractivity contribution is 0.125. The number of carbonyl (C=O) groups is 1.